The molecule has 1 aliphatic heterocycles. The lowest BCUT2D eigenvalue weighted by atomic mass is 9.99. The van der Waals surface area contributed by atoms with Crippen molar-refractivity contribution in [3.8, 4) is 0 Å². The molecule has 0 aliphatic carbocycles. The van der Waals surface area contributed by atoms with Crippen molar-refractivity contribution in [3.63, 3.8) is 0 Å². The molecular weight excluding hydrogens is 172 g/mol. The van der Waals surface area contributed by atoms with Gasteiger partial charge in [0.15, 0.2) is 0 Å². The highest BCUT2D eigenvalue weighted by Crippen LogP contribution is 2.21. The highest BCUT2D eigenvalue weighted by molar-refractivity contribution is 5.31. The van der Waals surface area contributed by atoms with Gasteiger partial charge in [0.25, 0.3) is 0 Å². The van der Waals surface area contributed by atoms with Crippen molar-refractivity contribution in [2.45, 2.75) is 13.0 Å². The summed E-state index contributed by atoms with van der Waals surface area (Å²) in [6.07, 6.45) is 0.679. The minimum Gasteiger partial charge on any atom is -0.302 e. The van der Waals surface area contributed by atoms with Crippen LogP contribution in [0.4, 0.5) is 8.78 Å². The molecule has 0 unspecified atom stereocenters. The van der Waals surface area contributed by atoms with E-state index in [0.717, 1.165) is 18.2 Å². The lowest BCUT2D eigenvalue weighted by molar-refractivity contribution is 0.307. The maximum Gasteiger partial charge on any atom is 0.129 e. The molecule has 0 fully saturated rings. The summed E-state index contributed by atoms with van der Waals surface area (Å²) in [7, 11) is 1.95. The number of rotatable bonds is 0. The van der Waals surface area contributed by atoms with Crippen molar-refractivity contribution in [3.05, 3.63) is 34.9 Å². The lowest BCUT2D eigenvalue weighted by Crippen LogP contribution is -2.27. The Morgan fingerprint density at radius 2 is 2.08 bits per heavy atom. The number of hydrogen-bond donors (Lipinski definition) is 0. The number of nitrogens with zero attached hydrogens (tertiary/aromatic N) is 1. The zero-order valence-electron chi connectivity index (χ0n) is 7.48. The fourth-order valence-corrected chi connectivity index (χ4v) is 1.75. The minimum absolute atomic E-state index is 0.400. The molecular formula is C10H11F2N. The molecule has 70 valence electrons. The van der Waals surface area contributed by atoms with Crippen LogP contribution in [-0.4, -0.2) is 18.5 Å². The van der Waals surface area contributed by atoms with E-state index in [1.54, 1.807) is 0 Å². The van der Waals surface area contributed by atoms with Crippen LogP contribution in [0.5, 0.6) is 0 Å². The molecule has 0 radical (unpaired) electrons. The van der Waals surface area contributed by atoms with Gasteiger partial charge in [0.05, 0.1) is 0 Å². The summed E-state index contributed by atoms with van der Waals surface area (Å²) in [5, 5.41) is 0. The van der Waals surface area contributed by atoms with E-state index in [2.05, 4.69) is 4.90 Å². The van der Waals surface area contributed by atoms with Gasteiger partial charge in [-0.15, -0.1) is 0 Å². The Bertz CT molecular complexity index is 336. The summed E-state index contributed by atoms with van der Waals surface area (Å²) >= 11 is 0. The van der Waals surface area contributed by atoms with Crippen LogP contribution >= 0.6 is 0 Å². The average Bonchev–Trinajstić information content (AvgIpc) is 2.02. The number of halogens is 2. The fourth-order valence-electron chi connectivity index (χ4n) is 1.75. The van der Waals surface area contributed by atoms with Gasteiger partial charge >= 0.3 is 0 Å². The van der Waals surface area contributed by atoms with Gasteiger partial charge in [-0.05, 0) is 30.7 Å². The van der Waals surface area contributed by atoms with Gasteiger partial charge < -0.3 is 4.90 Å². The van der Waals surface area contributed by atoms with E-state index < -0.39 is 11.6 Å². The first-order valence-electron chi connectivity index (χ1n) is 4.32. The molecule has 1 heterocycles. The Labute approximate surface area is 76.0 Å². The van der Waals surface area contributed by atoms with E-state index in [4.69, 9.17) is 0 Å². The molecule has 1 aromatic rings. The third-order valence-electron chi connectivity index (χ3n) is 2.44. The quantitative estimate of drug-likeness (QED) is 0.594. The molecule has 0 amide bonds. The summed E-state index contributed by atoms with van der Waals surface area (Å²) in [6.45, 7) is 1.49. The van der Waals surface area contributed by atoms with Crippen molar-refractivity contribution in [1.82, 2.24) is 4.90 Å². The van der Waals surface area contributed by atoms with E-state index in [-0.39, 0.29) is 0 Å². The Hall–Kier alpha value is -0.960. The van der Waals surface area contributed by atoms with E-state index in [0.29, 0.717) is 18.5 Å². The van der Waals surface area contributed by atoms with Crippen LogP contribution in [-0.2, 0) is 13.0 Å². The second kappa shape index (κ2) is 3.07. The van der Waals surface area contributed by atoms with Gasteiger partial charge in [-0.2, -0.15) is 0 Å². The standard InChI is InChI=1S/C10H11F2N/c1-13-3-2-9-7(6-13)4-8(11)5-10(9)12/h4-5H,2-3,6H2,1H3. The predicted molar refractivity (Wildman–Crippen MR) is 46.4 cm³/mol. The van der Waals surface area contributed by atoms with Crippen molar-refractivity contribution in [1.29, 1.82) is 0 Å². The molecule has 0 aromatic heterocycles. The first-order chi connectivity index (χ1) is 6.16. The Balaban J connectivity index is 2.47. The molecule has 0 spiro atoms. The summed E-state index contributed by atoms with van der Waals surface area (Å²) < 4.78 is 26.0. The second-order valence-electron chi connectivity index (χ2n) is 3.51. The Kier molecular flexibility index (Phi) is 2.04. The van der Waals surface area contributed by atoms with Gasteiger partial charge in [0.1, 0.15) is 11.6 Å². The number of hydrogen-bond acceptors (Lipinski definition) is 1. The third kappa shape index (κ3) is 1.56. The van der Waals surface area contributed by atoms with Gasteiger partial charge in [-0.25, -0.2) is 8.78 Å². The molecule has 3 heteroatoms. The van der Waals surface area contributed by atoms with Crippen LogP contribution in [0.25, 0.3) is 0 Å². The smallest absolute Gasteiger partial charge is 0.129 e. The maximum absolute atomic E-state index is 13.2. The third-order valence-corrected chi connectivity index (χ3v) is 2.44. The normalized spacial score (nSPS) is 17.2. The van der Waals surface area contributed by atoms with E-state index in [1.165, 1.54) is 6.07 Å². The fraction of sp³-hybridized carbons (Fsp3) is 0.400. The van der Waals surface area contributed by atoms with E-state index >= 15 is 0 Å². The monoisotopic (exact) mass is 183 g/mol. The van der Waals surface area contributed by atoms with E-state index in [1.807, 2.05) is 7.05 Å². The van der Waals surface area contributed by atoms with E-state index in [9.17, 15) is 8.78 Å². The van der Waals surface area contributed by atoms with Gasteiger partial charge in [-0.1, -0.05) is 0 Å². The molecule has 0 saturated heterocycles. The molecule has 1 nitrogen and oxygen atoms in total. The molecule has 0 N–H and O–H groups in total. The molecule has 2 rings (SSSR count). The Morgan fingerprint density at radius 3 is 2.85 bits per heavy atom. The molecule has 1 aliphatic rings. The number of likely N-dealkylation sites (N-methyl/N-ethyl adjacent to an activating group) is 1. The van der Waals surface area contributed by atoms with Gasteiger partial charge in [-0.3, -0.25) is 0 Å². The zero-order valence-corrected chi connectivity index (χ0v) is 7.48. The number of benzene rings is 1. The van der Waals surface area contributed by atoms with Crippen LogP contribution in [0.1, 0.15) is 11.1 Å². The molecule has 0 bridgehead atoms. The molecule has 0 atom stereocenters. The number of fused-ring (bicyclic) bond motifs is 1. The van der Waals surface area contributed by atoms with Crippen LogP contribution in [0.15, 0.2) is 12.1 Å². The average molecular weight is 183 g/mol. The van der Waals surface area contributed by atoms with Crippen LogP contribution in [0.3, 0.4) is 0 Å². The summed E-state index contributed by atoms with van der Waals surface area (Å²) in [6, 6.07) is 2.39. The lowest BCUT2D eigenvalue weighted by Gasteiger charge is -2.25. The SMILES string of the molecule is CN1CCc2c(F)cc(F)cc2C1. The van der Waals surface area contributed by atoms with Gasteiger partial charge in [0, 0.05) is 19.2 Å². The van der Waals surface area contributed by atoms with Crippen molar-refractivity contribution < 1.29 is 8.78 Å². The van der Waals surface area contributed by atoms with Crippen LogP contribution in [0, 0.1) is 11.6 Å². The first-order valence-corrected chi connectivity index (χ1v) is 4.32. The zero-order chi connectivity index (χ0) is 9.42. The Morgan fingerprint density at radius 1 is 1.31 bits per heavy atom. The molecule has 13 heavy (non-hydrogen) atoms. The predicted octanol–water partition coefficient (Wildman–Crippen LogP) is 1.95. The molecule has 0 saturated carbocycles. The van der Waals surface area contributed by atoms with Crippen molar-refractivity contribution in [2.24, 2.45) is 0 Å². The van der Waals surface area contributed by atoms with Crippen molar-refractivity contribution >= 4 is 0 Å². The minimum atomic E-state index is -0.480. The van der Waals surface area contributed by atoms with Crippen LogP contribution < -0.4 is 0 Å². The first kappa shape index (κ1) is 8.63. The largest absolute Gasteiger partial charge is 0.302 e. The topological polar surface area (TPSA) is 3.24 Å². The summed E-state index contributed by atoms with van der Waals surface area (Å²) in [5.74, 6) is -0.880. The highest BCUT2D eigenvalue weighted by atomic mass is 19.1. The second-order valence-corrected chi connectivity index (χ2v) is 3.51. The summed E-state index contributed by atoms with van der Waals surface area (Å²) in [5.41, 5.74) is 1.46. The summed E-state index contributed by atoms with van der Waals surface area (Å²) in [4.78, 5) is 2.06. The van der Waals surface area contributed by atoms with Crippen LogP contribution in [0.2, 0.25) is 0 Å². The van der Waals surface area contributed by atoms with Crippen molar-refractivity contribution in [2.75, 3.05) is 13.6 Å². The molecule has 1 aromatic carbocycles. The highest BCUT2D eigenvalue weighted by Gasteiger charge is 2.17. The van der Waals surface area contributed by atoms with Gasteiger partial charge in [0.2, 0.25) is 0 Å². The maximum atomic E-state index is 13.2.